The normalized spacial score (nSPS) is 19.8. The van der Waals surface area contributed by atoms with E-state index in [1.54, 1.807) is 11.5 Å². The monoisotopic (exact) mass is 460 g/mol. The minimum absolute atomic E-state index is 0.0188. The number of halogens is 1. The first kappa shape index (κ1) is 23.0. The molecule has 9 nitrogen and oxygen atoms in total. The summed E-state index contributed by atoms with van der Waals surface area (Å²) < 4.78 is 22.9. The van der Waals surface area contributed by atoms with Crippen molar-refractivity contribution in [2.45, 2.75) is 45.2 Å². The molecule has 2 aliphatic rings. The van der Waals surface area contributed by atoms with Crippen LogP contribution in [-0.4, -0.2) is 70.8 Å². The highest BCUT2D eigenvalue weighted by atomic mass is 19.1. The molecule has 10 heteroatoms. The molecule has 2 fully saturated rings. The van der Waals surface area contributed by atoms with Crippen molar-refractivity contribution in [3.8, 4) is 5.75 Å². The Bertz CT molecular complexity index is 1170. The lowest BCUT2D eigenvalue weighted by molar-refractivity contribution is 0.0694. The maximum Gasteiger partial charge on any atom is 0.341 e. The number of aromatic nitrogens is 1. The standard InChI is InChI=1S/C23H29FN4O5/c1-13(25-32)6-7-26-8-9-27(11-14(26)2)20-18(24)10-16-19(22(20)33-3)28(15-4-5-15)12-17(21(16)29)23(30)31/h10,12,14-15,32H,4-9,11H2,1-3H3,(H,30,31)/b25-13+. The van der Waals surface area contributed by atoms with Crippen LogP contribution < -0.4 is 15.1 Å². The molecule has 33 heavy (non-hydrogen) atoms. The van der Waals surface area contributed by atoms with Crippen LogP contribution in [0.15, 0.2) is 22.2 Å². The van der Waals surface area contributed by atoms with E-state index in [4.69, 9.17) is 9.94 Å². The smallest absolute Gasteiger partial charge is 0.341 e. The zero-order valence-corrected chi connectivity index (χ0v) is 19.0. The van der Waals surface area contributed by atoms with Gasteiger partial charge in [0.1, 0.15) is 11.3 Å². The number of hydrogen-bond acceptors (Lipinski definition) is 7. The molecule has 1 aliphatic carbocycles. The molecule has 1 saturated heterocycles. The maximum atomic E-state index is 15.5. The Hall–Kier alpha value is -3.14. The number of methoxy groups -OCH3 is 1. The third-order valence-corrected chi connectivity index (χ3v) is 6.59. The lowest BCUT2D eigenvalue weighted by Gasteiger charge is -2.41. The van der Waals surface area contributed by atoms with Gasteiger partial charge in [0, 0.05) is 50.9 Å². The van der Waals surface area contributed by atoms with Crippen molar-refractivity contribution in [3.05, 3.63) is 33.9 Å². The first-order valence-corrected chi connectivity index (χ1v) is 11.1. The van der Waals surface area contributed by atoms with Crippen molar-refractivity contribution >= 4 is 28.3 Å². The number of benzene rings is 1. The number of pyridine rings is 1. The Morgan fingerprint density at radius 2 is 2.06 bits per heavy atom. The highest BCUT2D eigenvalue weighted by molar-refractivity contribution is 5.97. The molecular formula is C23H29FN4O5. The van der Waals surface area contributed by atoms with Crippen molar-refractivity contribution in [1.29, 1.82) is 0 Å². The molecule has 0 radical (unpaired) electrons. The predicted octanol–water partition coefficient (Wildman–Crippen LogP) is 2.93. The minimum Gasteiger partial charge on any atom is -0.492 e. The molecule has 4 rings (SSSR count). The van der Waals surface area contributed by atoms with Crippen LogP contribution in [0.5, 0.6) is 5.75 Å². The number of oxime groups is 1. The van der Waals surface area contributed by atoms with Gasteiger partial charge in [0.15, 0.2) is 11.6 Å². The zero-order chi connectivity index (χ0) is 23.9. The molecule has 2 aromatic rings. The van der Waals surface area contributed by atoms with Crippen molar-refractivity contribution < 1.29 is 24.2 Å². The molecule has 178 valence electrons. The molecule has 0 spiro atoms. The number of carboxylic acids is 1. The predicted molar refractivity (Wildman–Crippen MR) is 123 cm³/mol. The van der Waals surface area contributed by atoms with E-state index in [0.29, 0.717) is 43.0 Å². The molecular weight excluding hydrogens is 431 g/mol. The Kier molecular flexibility index (Phi) is 6.29. The van der Waals surface area contributed by atoms with E-state index in [-0.39, 0.29) is 28.8 Å². The van der Waals surface area contributed by atoms with Gasteiger partial charge in [-0.1, -0.05) is 5.16 Å². The third kappa shape index (κ3) is 4.27. The number of rotatable bonds is 7. The van der Waals surface area contributed by atoms with Crippen molar-refractivity contribution in [1.82, 2.24) is 9.47 Å². The van der Waals surface area contributed by atoms with Crippen LogP contribution in [0.4, 0.5) is 10.1 Å². The summed E-state index contributed by atoms with van der Waals surface area (Å²) >= 11 is 0. The van der Waals surface area contributed by atoms with Gasteiger partial charge in [-0.15, -0.1) is 0 Å². The van der Waals surface area contributed by atoms with Crippen molar-refractivity contribution in [2.24, 2.45) is 5.16 Å². The topological polar surface area (TPSA) is 108 Å². The van der Waals surface area contributed by atoms with Gasteiger partial charge < -0.3 is 24.5 Å². The van der Waals surface area contributed by atoms with Gasteiger partial charge >= 0.3 is 5.97 Å². The van der Waals surface area contributed by atoms with Gasteiger partial charge in [0.2, 0.25) is 5.43 Å². The number of aromatic carboxylic acids is 1. The minimum atomic E-state index is -1.33. The summed E-state index contributed by atoms with van der Waals surface area (Å²) in [6.45, 7) is 6.36. The maximum absolute atomic E-state index is 15.5. The number of fused-ring (bicyclic) bond motifs is 1. The Morgan fingerprint density at radius 3 is 2.64 bits per heavy atom. The van der Waals surface area contributed by atoms with Crippen LogP contribution in [0.25, 0.3) is 10.9 Å². The summed E-state index contributed by atoms with van der Waals surface area (Å²) in [5.74, 6) is -1.67. The number of ether oxygens (including phenoxy) is 1. The van der Waals surface area contributed by atoms with E-state index in [2.05, 4.69) is 17.0 Å². The van der Waals surface area contributed by atoms with Crippen LogP contribution in [0.3, 0.4) is 0 Å². The molecule has 0 bridgehead atoms. The molecule has 2 heterocycles. The van der Waals surface area contributed by atoms with E-state index < -0.39 is 17.2 Å². The molecule has 1 saturated carbocycles. The van der Waals surface area contributed by atoms with Gasteiger partial charge in [0.25, 0.3) is 0 Å². The summed E-state index contributed by atoms with van der Waals surface area (Å²) in [4.78, 5) is 28.7. The van der Waals surface area contributed by atoms with Gasteiger partial charge in [0.05, 0.1) is 23.7 Å². The second kappa shape index (κ2) is 9.01. The number of hydrogen-bond donors (Lipinski definition) is 2. The number of nitrogens with zero attached hydrogens (tertiary/aromatic N) is 4. The number of carboxylic acid groups (broad SMARTS) is 1. The fourth-order valence-corrected chi connectivity index (χ4v) is 4.61. The number of piperazine rings is 1. The van der Waals surface area contributed by atoms with E-state index in [9.17, 15) is 14.7 Å². The quantitative estimate of drug-likeness (QED) is 0.372. The average Bonchev–Trinajstić information content (AvgIpc) is 3.62. The molecule has 1 aromatic carbocycles. The summed E-state index contributed by atoms with van der Waals surface area (Å²) in [7, 11) is 1.45. The van der Waals surface area contributed by atoms with E-state index in [1.165, 1.54) is 13.3 Å². The molecule has 1 unspecified atom stereocenters. The highest BCUT2D eigenvalue weighted by Crippen LogP contribution is 2.44. The van der Waals surface area contributed by atoms with E-state index in [0.717, 1.165) is 25.5 Å². The fourth-order valence-electron chi connectivity index (χ4n) is 4.61. The third-order valence-electron chi connectivity index (χ3n) is 6.59. The molecule has 2 N–H and O–H groups in total. The Morgan fingerprint density at radius 1 is 1.33 bits per heavy atom. The first-order valence-electron chi connectivity index (χ1n) is 11.1. The number of anilines is 1. The van der Waals surface area contributed by atoms with Crippen LogP contribution in [0, 0.1) is 5.82 Å². The Labute approximate surface area is 190 Å². The number of carbonyl (C=O) groups is 1. The van der Waals surface area contributed by atoms with Crippen LogP contribution >= 0.6 is 0 Å². The largest absolute Gasteiger partial charge is 0.492 e. The van der Waals surface area contributed by atoms with Gasteiger partial charge in [-0.25, -0.2) is 9.18 Å². The van der Waals surface area contributed by atoms with Gasteiger partial charge in [-0.2, -0.15) is 0 Å². The van der Waals surface area contributed by atoms with Crippen molar-refractivity contribution in [2.75, 3.05) is 38.2 Å². The summed E-state index contributed by atoms with van der Waals surface area (Å²) in [6, 6.07) is 1.33. The van der Waals surface area contributed by atoms with Crippen LogP contribution in [-0.2, 0) is 0 Å². The summed E-state index contributed by atoms with van der Waals surface area (Å²) in [6.07, 6.45) is 3.73. The molecule has 1 aromatic heterocycles. The second-order valence-electron chi connectivity index (χ2n) is 8.87. The lowest BCUT2D eigenvalue weighted by atomic mass is 10.1. The Balaban J connectivity index is 1.76. The lowest BCUT2D eigenvalue weighted by Crippen LogP contribution is -2.52. The summed E-state index contributed by atoms with van der Waals surface area (Å²) in [5, 5.41) is 21.6. The highest BCUT2D eigenvalue weighted by Gasteiger charge is 2.33. The zero-order valence-electron chi connectivity index (χ0n) is 19.0. The van der Waals surface area contributed by atoms with Crippen molar-refractivity contribution in [3.63, 3.8) is 0 Å². The van der Waals surface area contributed by atoms with E-state index in [1.807, 2.05) is 4.90 Å². The summed E-state index contributed by atoms with van der Waals surface area (Å²) in [5.41, 5.74) is 0.313. The molecule has 0 amide bonds. The van der Waals surface area contributed by atoms with Gasteiger partial charge in [-0.05, 0) is 32.8 Å². The van der Waals surface area contributed by atoms with Crippen LogP contribution in [0.2, 0.25) is 0 Å². The SMILES string of the molecule is COc1c(N2CCN(CC/C(C)=N/O)C(C)C2)c(F)cc2c(=O)c(C(=O)O)cn(C3CC3)c12. The van der Waals surface area contributed by atoms with Gasteiger partial charge in [-0.3, -0.25) is 9.69 Å². The molecule has 1 atom stereocenters. The van der Waals surface area contributed by atoms with Crippen LogP contribution in [0.1, 0.15) is 49.5 Å². The first-order chi connectivity index (χ1) is 15.8. The fraction of sp³-hybridized carbons (Fsp3) is 0.522. The molecule has 1 aliphatic heterocycles. The van der Waals surface area contributed by atoms with E-state index >= 15 is 4.39 Å². The second-order valence-corrected chi connectivity index (χ2v) is 8.87. The average molecular weight is 461 g/mol.